The first kappa shape index (κ1) is 14.0. The van der Waals surface area contributed by atoms with Gasteiger partial charge in [-0.25, -0.2) is 0 Å². The van der Waals surface area contributed by atoms with Crippen molar-refractivity contribution < 1.29 is 0 Å². The minimum absolute atomic E-state index is 0.488. The molecule has 0 saturated heterocycles. The van der Waals surface area contributed by atoms with Crippen LogP contribution in [-0.4, -0.2) is 0 Å². The maximum Gasteiger partial charge on any atom is 0.00136 e. The average molecular weight is 292 g/mol. The molecule has 3 rings (SSSR count). The summed E-state index contributed by atoms with van der Waals surface area (Å²) >= 11 is 0. The van der Waals surface area contributed by atoms with Crippen LogP contribution in [0.3, 0.4) is 0 Å². The van der Waals surface area contributed by atoms with Gasteiger partial charge in [0.25, 0.3) is 0 Å². The van der Waals surface area contributed by atoms with E-state index in [0.29, 0.717) is 0 Å². The summed E-state index contributed by atoms with van der Waals surface area (Å²) in [5, 5.41) is 0. The molecule has 0 saturated carbocycles. The van der Waals surface area contributed by atoms with E-state index < -0.39 is 10.9 Å². The Morgan fingerprint density at radius 2 is 0.952 bits per heavy atom. The van der Waals surface area contributed by atoms with Crippen LogP contribution >= 0.6 is 10.9 Å². The molecule has 0 heterocycles. The van der Waals surface area contributed by atoms with Crippen molar-refractivity contribution in [2.75, 3.05) is 0 Å². The van der Waals surface area contributed by atoms with E-state index in [-0.39, 0.29) is 0 Å². The molecule has 0 aliphatic heterocycles. The normalized spacial score (nSPS) is 11.2. The lowest BCUT2D eigenvalue weighted by atomic mass is 10.2. The van der Waals surface area contributed by atoms with Gasteiger partial charge in [-0.15, -0.1) is 0 Å². The summed E-state index contributed by atoms with van der Waals surface area (Å²) in [6.45, 7) is 4.45. The Balaban J connectivity index is 2.23. The molecule has 0 atom stereocenters. The largest absolute Gasteiger partial charge is 0.172 e. The zero-order valence-corrected chi connectivity index (χ0v) is 13.3. The standard InChI is InChI=1S/C20H20S/c1-16-10-9-11-17(2)20(16)21(18-12-5-3-6-13-18)19-14-7-4-8-15-19/h3-15,21H,1-2H3. The van der Waals surface area contributed by atoms with Gasteiger partial charge in [0.05, 0.1) is 0 Å². The van der Waals surface area contributed by atoms with E-state index in [2.05, 4.69) is 92.7 Å². The predicted molar refractivity (Wildman–Crippen MR) is 92.6 cm³/mol. The monoisotopic (exact) mass is 292 g/mol. The van der Waals surface area contributed by atoms with Crippen LogP contribution in [0.4, 0.5) is 0 Å². The number of aryl methyl sites for hydroxylation is 2. The van der Waals surface area contributed by atoms with Gasteiger partial charge in [0, 0.05) is 4.90 Å². The Morgan fingerprint density at radius 3 is 1.38 bits per heavy atom. The van der Waals surface area contributed by atoms with E-state index in [4.69, 9.17) is 0 Å². The second-order valence-electron chi connectivity index (χ2n) is 5.25. The Kier molecular flexibility index (Phi) is 4.12. The molecule has 0 unspecified atom stereocenters. The highest BCUT2D eigenvalue weighted by Crippen LogP contribution is 2.53. The molecule has 0 aromatic heterocycles. The van der Waals surface area contributed by atoms with Crippen LogP contribution < -0.4 is 0 Å². The predicted octanol–water partition coefficient (Wildman–Crippen LogP) is 5.78. The average Bonchev–Trinajstić information content (AvgIpc) is 2.53. The fourth-order valence-corrected chi connectivity index (χ4v) is 5.33. The highest BCUT2D eigenvalue weighted by Gasteiger charge is 2.16. The van der Waals surface area contributed by atoms with Gasteiger partial charge in [0.1, 0.15) is 0 Å². The summed E-state index contributed by atoms with van der Waals surface area (Å²) < 4.78 is 0. The molecule has 0 aliphatic carbocycles. The molecule has 21 heavy (non-hydrogen) atoms. The smallest absolute Gasteiger partial charge is 0.00136 e. The first-order valence-corrected chi connectivity index (χ1v) is 8.58. The van der Waals surface area contributed by atoms with Crippen LogP contribution in [-0.2, 0) is 0 Å². The lowest BCUT2D eigenvalue weighted by Crippen LogP contribution is -1.94. The van der Waals surface area contributed by atoms with Crippen molar-refractivity contribution in [3.05, 3.63) is 90.0 Å². The van der Waals surface area contributed by atoms with Crippen LogP contribution in [0.5, 0.6) is 0 Å². The molecule has 0 aliphatic rings. The summed E-state index contributed by atoms with van der Waals surface area (Å²) in [5.74, 6) is 0. The molecule has 1 heteroatoms. The lowest BCUT2D eigenvalue weighted by Gasteiger charge is -2.26. The second-order valence-corrected chi connectivity index (χ2v) is 7.40. The maximum absolute atomic E-state index is 2.25. The SMILES string of the molecule is Cc1cccc(C)c1[SH](c1ccccc1)c1ccccc1. The van der Waals surface area contributed by atoms with E-state index in [1.54, 1.807) is 0 Å². The van der Waals surface area contributed by atoms with Crippen molar-refractivity contribution in [3.63, 3.8) is 0 Å². The zero-order valence-electron chi connectivity index (χ0n) is 12.5. The van der Waals surface area contributed by atoms with E-state index >= 15 is 0 Å². The van der Waals surface area contributed by atoms with Crippen LogP contribution in [0.15, 0.2) is 93.5 Å². The molecule has 0 spiro atoms. The Hall–Kier alpha value is -1.99. The van der Waals surface area contributed by atoms with Gasteiger partial charge >= 0.3 is 0 Å². The van der Waals surface area contributed by atoms with Gasteiger partial charge in [-0.1, -0.05) is 54.6 Å². The summed E-state index contributed by atoms with van der Waals surface area (Å²) in [4.78, 5) is 4.32. The Morgan fingerprint density at radius 1 is 0.524 bits per heavy atom. The molecule has 106 valence electrons. The van der Waals surface area contributed by atoms with Crippen LogP contribution in [0.1, 0.15) is 11.1 Å². The molecule has 3 aromatic carbocycles. The van der Waals surface area contributed by atoms with Gasteiger partial charge in [-0.3, -0.25) is 0 Å². The Bertz CT molecular complexity index is 658. The third-order valence-corrected chi connectivity index (χ3v) is 6.47. The van der Waals surface area contributed by atoms with Crippen molar-refractivity contribution >= 4 is 10.9 Å². The van der Waals surface area contributed by atoms with Gasteiger partial charge in [0.2, 0.25) is 0 Å². The third kappa shape index (κ3) is 2.88. The first-order chi connectivity index (χ1) is 10.3. The molecule has 0 bridgehead atoms. The number of hydrogen-bond donors (Lipinski definition) is 1. The molecular formula is C20H20S. The highest BCUT2D eigenvalue weighted by molar-refractivity contribution is 8.17. The topological polar surface area (TPSA) is 0 Å². The molecule has 3 aromatic rings. The van der Waals surface area contributed by atoms with E-state index in [9.17, 15) is 0 Å². The number of benzene rings is 3. The third-order valence-electron chi connectivity index (χ3n) is 3.69. The van der Waals surface area contributed by atoms with E-state index in [0.717, 1.165) is 0 Å². The van der Waals surface area contributed by atoms with E-state index in [1.807, 2.05) is 0 Å². The van der Waals surface area contributed by atoms with Crippen LogP contribution in [0.2, 0.25) is 0 Å². The zero-order chi connectivity index (χ0) is 14.7. The van der Waals surface area contributed by atoms with Crippen molar-refractivity contribution in [1.29, 1.82) is 0 Å². The molecule has 0 nitrogen and oxygen atoms in total. The van der Waals surface area contributed by atoms with Crippen molar-refractivity contribution in [2.24, 2.45) is 0 Å². The maximum atomic E-state index is 2.25. The Labute approximate surface area is 129 Å². The van der Waals surface area contributed by atoms with Crippen molar-refractivity contribution in [1.82, 2.24) is 0 Å². The number of rotatable bonds is 3. The fraction of sp³-hybridized carbons (Fsp3) is 0.100. The summed E-state index contributed by atoms with van der Waals surface area (Å²) in [6, 6.07) is 28.4. The van der Waals surface area contributed by atoms with Gasteiger partial charge < -0.3 is 0 Å². The molecule has 0 radical (unpaired) electrons. The molecular weight excluding hydrogens is 272 g/mol. The summed E-state index contributed by atoms with van der Waals surface area (Å²) in [6.07, 6.45) is 0. The summed E-state index contributed by atoms with van der Waals surface area (Å²) in [7, 11) is -0.488. The summed E-state index contributed by atoms with van der Waals surface area (Å²) in [5.41, 5.74) is 2.77. The lowest BCUT2D eigenvalue weighted by molar-refractivity contribution is 1.19. The minimum Gasteiger partial charge on any atom is -0.172 e. The molecule has 0 amide bonds. The number of hydrogen-bond acceptors (Lipinski definition) is 0. The first-order valence-electron chi connectivity index (χ1n) is 7.24. The minimum atomic E-state index is -0.488. The fourth-order valence-electron chi connectivity index (χ4n) is 2.72. The molecule has 0 fully saturated rings. The highest BCUT2D eigenvalue weighted by atomic mass is 32.2. The molecule has 0 N–H and O–H groups in total. The van der Waals surface area contributed by atoms with Gasteiger partial charge in [-0.05, 0) is 59.0 Å². The quantitative estimate of drug-likeness (QED) is 0.581. The van der Waals surface area contributed by atoms with Gasteiger partial charge in [0.15, 0.2) is 0 Å². The van der Waals surface area contributed by atoms with Crippen molar-refractivity contribution in [2.45, 2.75) is 28.5 Å². The second kappa shape index (κ2) is 6.19. The van der Waals surface area contributed by atoms with Crippen LogP contribution in [0, 0.1) is 13.8 Å². The van der Waals surface area contributed by atoms with Crippen LogP contribution in [0.25, 0.3) is 0 Å². The van der Waals surface area contributed by atoms with Crippen molar-refractivity contribution in [3.8, 4) is 0 Å². The van der Waals surface area contributed by atoms with E-state index in [1.165, 1.54) is 25.8 Å². The van der Waals surface area contributed by atoms with Gasteiger partial charge in [-0.2, -0.15) is 10.9 Å². The number of thiol groups is 1.